The Hall–Kier alpha value is -3.23. The highest BCUT2D eigenvalue weighted by Crippen LogP contribution is 2.44. The number of hydrogen-bond donors (Lipinski definition) is 2. The van der Waals surface area contributed by atoms with Gasteiger partial charge in [0, 0.05) is 17.3 Å². The van der Waals surface area contributed by atoms with Gasteiger partial charge >= 0.3 is 5.92 Å². The largest absolute Gasteiger partial charge is 0.465 e. The lowest BCUT2D eigenvalue weighted by atomic mass is 9.85. The maximum atomic E-state index is 14.4. The summed E-state index contributed by atoms with van der Waals surface area (Å²) in [5, 5.41) is 2.48. The minimum Gasteiger partial charge on any atom is -0.465 e. The number of amidine groups is 1. The highest BCUT2D eigenvalue weighted by atomic mass is 19.3. The van der Waals surface area contributed by atoms with Crippen molar-refractivity contribution in [3.8, 4) is 0 Å². The molecule has 0 bridgehead atoms. The molecule has 0 fully saturated rings. The van der Waals surface area contributed by atoms with E-state index in [0.29, 0.717) is 5.76 Å². The molecule has 2 aromatic rings. The molecule has 0 radical (unpaired) electrons. The third-order valence-corrected chi connectivity index (χ3v) is 4.15. The summed E-state index contributed by atoms with van der Waals surface area (Å²) in [4.78, 5) is 15.6. The van der Waals surface area contributed by atoms with E-state index in [4.69, 9.17) is 10.2 Å². The summed E-state index contributed by atoms with van der Waals surface area (Å²) in [6.07, 6.45) is 4.08. The van der Waals surface area contributed by atoms with Crippen molar-refractivity contribution in [1.29, 1.82) is 0 Å². The molecule has 0 unspecified atom stereocenters. The number of nitrogens with two attached hydrogens (primary N) is 1. The molecular weight excluding hydrogens is 363 g/mol. The van der Waals surface area contributed by atoms with Gasteiger partial charge in [-0.1, -0.05) is 0 Å². The highest BCUT2D eigenvalue weighted by Gasteiger charge is 2.56. The smallest absolute Gasteiger partial charge is 0.310 e. The second kappa shape index (κ2) is 6.82. The molecule has 3 N–H and O–H groups in total. The number of rotatable bonds is 4. The monoisotopic (exact) mass is 379 g/mol. The zero-order valence-electron chi connectivity index (χ0n) is 14.2. The van der Waals surface area contributed by atoms with E-state index in [1.54, 1.807) is 12.1 Å². The van der Waals surface area contributed by atoms with Crippen LogP contribution in [0.4, 0.5) is 18.9 Å². The highest BCUT2D eigenvalue weighted by molar-refractivity contribution is 6.01. The van der Waals surface area contributed by atoms with E-state index in [-0.39, 0.29) is 5.69 Å². The fraction of sp³-hybridized carbons (Fsp3) is 0.222. The summed E-state index contributed by atoms with van der Waals surface area (Å²) in [6, 6.07) is 6.18. The molecule has 0 spiro atoms. The SMILES string of the molecule is C[C@]1(c2cc(NC(=O)/C=C/c3ccco3)ccc2F)N=C(N)OCC1(F)F. The first-order valence-electron chi connectivity index (χ1n) is 7.90. The number of carbonyl (C=O) groups excluding carboxylic acids is 1. The number of ether oxygens (including phenoxy) is 1. The Balaban J connectivity index is 1.88. The van der Waals surface area contributed by atoms with Gasteiger partial charge in [-0.15, -0.1) is 0 Å². The van der Waals surface area contributed by atoms with Crippen LogP contribution in [0.1, 0.15) is 18.2 Å². The van der Waals surface area contributed by atoms with Gasteiger partial charge in [-0.05, 0) is 43.3 Å². The van der Waals surface area contributed by atoms with Crippen LogP contribution in [0.3, 0.4) is 0 Å². The number of halogens is 3. The molecule has 1 aromatic heterocycles. The molecular formula is C18H16F3N3O3. The molecule has 1 atom stereocenters. The number of hydrogen-bond acceptors (Lipinski definition) is 5. The van der Waals surface area contributed by atoms with Crippen LogP contribution >= 0.6 is 0 Å². The topological polar surface area (TPSA) is 89.9 Å². The Morgan fingerprint density at radius 2 is 2.15 bits per heavy atom. The van der Waals surface area contributed by atoms with Gasteiger partial charge in [0.05, 0.1) is 6.26 Å². The fourth-order valence-corrected chi connectivity index (χ4v) is 2.60. The van der Waals surface area contributed by atoms with Crippen molar-refractivity contribution in [2.75, 3.05) is 11.9 Å². The average molecular weight is 379 g/mol. The van der Waals surface area contributed by atoms with Crippen molar-refractivity contribution in [3.63, 3.8) is 0 Å². The maximum Gasteiger partial charge on any atom is 0.310 e. The molecule has 3 rings (SSSR count). The summed E-state index contributed by atoms with van der Waals surface area (Å²) in [7, 11) is 0. The minimum atomic E-state index is -3.50. The first-order chi connectivity index (χ1) is 12.7. The van der Waals surface area contributed by atoms with Gasteiger partial charge in [-0.2, -0.15) is 8.78 Å². The molecule has 0 saturated carbocycles. The van der Waals surface area contributed by atoms with Crippen molar-refractivity contribution in [3.05, 3.63) is 59.8 Å². The number of benzene rings is 1. The summed E-state index contributed by atoms with van der Waals surface area (Å²) < 4.78 is 52.8. The van der Waals surface area contributed by atoms with E-state index in [2.05, 4.69) is 15.0 Å². The van der Waals surface area contributed by atoms with Crippen molar-refractivity contribution in [2.24, 2.45) is 10.7 Å². The third-order valence-electron chi connectivity index (χ3n) is 4.15. The predicted octanol–water partition coefficient (Wildman–Crippen LogP) is 3.27. The number of alkyl halides is 2. The van der Waals surface area contributed by atoms with Crippen LogP contribution in [0.5, 0.6) is 0 Å². The third kappa shape index (κ3) is 3.67. The number of aliphatic imine (C=N–C) groups is 1. The van der Waals surface area contributed by atoms with Gasteiger partial charge in [0.1, 0.15) is 11.6 Å². The molecule has 2 heterocycles. The Morgan fingerprint density at radius 1 is 1.37 bits per heavy atom. The van der Waals surface area contributed by atoms with E-state index in [0.717, 1.165) is 19.1 Å². The normalized spacial score (nSPS) is 21.6. The van der Waals surface area contributed by atoms with Crippen LogP contribution in [0.25, 0.3) is 6.08 Å². The Labute approximate surface area is 152 Å². The number of nitrogens with zero attached hydrogens (tertiary/aromatic N) is 1. The number of anilines is 1. The summed E-state index contributed by atoms with van der Waals surface area (Å²) in [5.41, 5.74) is 2.85. The van der Waals surface area contributed by atoms with E-state index in [9.17, 15) is 18.0 Å². The van der Waals surface area contributed by atoms with Crippen molar-refractivity contribution >= 4 is 23.7 Å². The Morgan fingerprint density at radius 3 is 2.85 bits per heavy atom. The lowest BCUT2D eigenvalue weighted by molar-refractivity contribution is -0.117. The molecule has 6 nitrogen and oxygen atoms in total. The zero-order chi connectivity index (χ0) is 19.7. The molecule has 142 valence electrons. The van der Waals surface area contributed by atoms with E-state index in [1.165, 1.54) is 24.5 Å². The summed E-state index contributed by atoms with van der Waals surface area (Å²) in [6.45, 7) is 0.0317. The number of furan rings is 1. The second-order valence-electron chi connectivity index (χ2n) is 6.05. The van der Waals surface area contributed by atoms with E-state index >= 15 is 0 Å². The maximum absolute atomic E-state index is 14.4. The van der Waals surface area contributed by atoms with Gasteiger partial charge in [0.15, 0.2) is 12.1 Å². The molecule has 1 aromatic carbocycles. The first-order valence-corrected chi connectivity index (χ1v) is 7.90. The standard InChI is InChI=1S/C18H16F3N3O3/c1-17(18(20,21)10-27-16(22)24-17)13-9-11(4-6-14(13)19)23-15(25)7-5-12-3-2-8-26-12/h2-9H,10H2,1H3,(H2,22,24)(H,23,25)/b7-5+/t17-/m1/s1. The number of nitrogens with one attached hydrogen (secondary N) is 1. The van der Waals surface area contributed by atoms with Crippen LogP contribution in [-0.2, 0) is 15.1 Å². The van der Waals surface area contributed by atoms with Gasteiger partial charge < -0.3 is 20.2 Å². The lowest BCUT2D eigenvalue weighted by Crippen LogP contribution is -2.51. The Bertz CT molecular complexity index is 910. The molecule has 1 aliphatic heterocycles. The molecule has 1 aliphatic rings. The lowest BCUT2D eigenvalue weighted by Gasteiger charge is -2.37. The fourth-order valence-electron chi connectivity index (χ4n) is 2.60. The molecule has 27 heavy (non-hydrogen) atoms. The van der Waals surface area contributed by atoms with Crippen molar-refractivity contribution in [1.82, 2.24) is 0 Å². The predicted molar refractivity (Wildman–Crippen MR) is 92.6 cm³/mol. The number of carbonyl (C=O) groups is 1. The molecule has 9 heteroatoms. The molecule has 0 aliphatic carbocycles. The zero-order valence-corrected chi connectivity index (χ0v) is 14.2. The van der Waals surface area contributed by atoms with Crippen molar-refractivity contribution in [2.45, 2.75) is 18.4 Å². The summed E-state index contributed by atoms with van der Waals surface area (Å²) >= 11 is 0. The van der Waals surface area contributed by atoms with Gasteiger partial charge in [-0.3, -0.25) is 4.79 Å². The van der Waals surface area contributed by atoms with Crippen LogP contribution < -0.4 is 11.1 Å². The first kappa shape index (κ1) is 18.6. The molecule has 1 amide bonds. The molecule has 0 saturated heterocycles. The van der Waals surface area contributed by atoms with E-state index in [1.807, 2.05) is 0 Å². The van der Waals surface area contributed by atoms with Crippen molar-refractivity contribution < 1.29 is 27.1 Å². The van der Waals surface area contributed by atoms with E-state index < -0.39 is 41.4 Å². The van der Waals surface area contributed by atoms with Gasteiger partial charge in [0.2, 0.25) is 5.91 Å². The van der Waals surface area contributed by atoms with Crippen LogP contribution in [0.2, 0.25) is 0 Å². The quantitative estimate of drug-likeness (QED) is 0.798. The minimum absolute atomic E-state index is 0.123. The summed E-state index contributed by atoms with van der Waals surface area (Å²) in [5.74, 6) is -4.49. The Kier molecular flexibility index (Phi) is 4.69. The van der Waals surface area contributed by atoms with Crippen LogP contribution in [0, 0.1) is 5.82 Å². The van der Waals surface area contributed by atoms with Gasteiger partial charge in [0.25, 0.3) is 6.02 Å². The van der Waals surface area contributed by atoms with Crippen LogP contribution in [-0.4, -0.2) is 24.5 Å². The van der Waals surface area contributed by atoms with Crippen LogP contribution in [0.15, 0.2) is 52.1 Å². The average Bonchev–Trinajstić information content (AvgIpc) is 3.12. The van der Waals surface area contributed by atoms with Gasteiger partial charge in [-0.25, -0.2) is 9.38 Å². The number of amides is 1. The second-order valence-corrected chi connectivity index (χ2v) is 6.05.